The minimum atomic E-state index is -4.57. The molecule has 1 aliphatic rings. The smallest absolute Gasteiger partial charge is 0.306 e. The van der Waals surface area contributed by atoms with E-state index in [1.165, 1.54) is 0 Å². The van der Waals surface area contributed by atoms with E-state index in [0.29, 0.717) is 12.8 Å². The van der Waals surface area contributed by atoms with Gasteiger partial charge >= 0.3 is 11.9 Å². The number of unbranched alkanes of at least 4 members (excludes halogenated alkanes) is 4. The van der Waals surface area contributed by atoms with Crippen LogP contribution < -0.4 is 0 Å². The third kappa shape index (κ3) is 11.9. The van der Waals surface area contributed by atoms with Crippen LogP contribution in [-0.2, 0) is 38.7 Å². The predicted octanol–water partition coefficient (Wildman–Crippen LogP) is 0.314. The minimum Gasteiger partial charge on any atom is -0.462 e. The third-order valence-electron chi connectivity index (χ3n) is 5.19. The molecule has 0 bridgehead atoms. The molecule has 6 atom stereocenters. The fraction of sp³-hybridized carbons (Fsp3) is 0.905. The van der Waals surface area contributed by atoms with Gasteiger partial charge in [-0.3, -0.25) is 14.1 Å². The molecule has 34 heavy (non-hydrogen) atoms. The quantitative estimate of drug-likeness (QED) is 0.126. The Morgan fingerprint density at radius 3 is 2.15 bits per heavy atom. The summed E-state index contributed by atoms with van der Waals surface area (Å²) >= 11 is 0. The first-order chi connectivity index (χ1) is 16.0. The highest BCUT2D eigenvalue weighted by Crippen LogP contribution is 2.23. The summed E-state index contributed by atoms with van der Waals surface area (Å²) in [5, 5.41) is 30.1. The van der Waals surface area contributed by atoms with E-state index < -0.39 is 71.2 Å². The number of carbonyl (C=O) groups is 2. The van der Waals surface area contributed by atoms with Crippen molar-refractivity contribution in [2.75, 3.05) is 19.0 Å². The number of hydrogen-bond donors (Lipinski definition) is 4. The van der Waals surface area contributed by atoms with Crippen molar-refractivity contribution < 1.29 is 56.8 Å². The van der Waals surface area contributed by atoms with Gasteiger partial charge in [0.2, 0.25) is 0 Å². The first-order valence-electron chi connectivity index (χ1n) is 11.6. The van der Waals surface area contributed by atoms with E-state index in [4.69, 9.17) is 23.5 Å². The molecule has 200 valence electrons. The van der Waals surface area contributed by atoms with Crippen molar-refractivity contribution in [3.05, 3.63) is 0 Å². The van der Waals surface area contributed by atoms with E-state index in [2.05, 4.69) is 0 Å². The zero-order valence-electron chi connectivity index (χ0n) is 19.7. The SMILES string of the molecule is CCCCCCC(=O)OC[C@H](CO[C@@H]1O[C@H](CS(=O)(=O)O)[C@@H](O)[C@H](O)[C@H]1O)OC(=O)CCCC. The molecule has 1 fully saturated rings. The van der Waals surface area contributed by atoms with Gasteiger partial charge in [-0.2, -0.15) is 8.42 Å². The maximum absolute atomic E-state index is 12.1. The number of hydrogen-bond acceptors (Lipinski definition) is 11. The predicted molar refractivity (Wildman–Crippen MR) is 118 cm³/mol. The van der Waals surface area contributed by atoms with Crippen molar-refractivity contribution in [3.8, 4) is 0 Å². The van der Waals surface area contributed by atoms with Crippen molar-refractivity contribution in [2.45, 2.75) is 102 Å². The number of aliphatic hydroxyl groups excluding tert-OH is 3. The van der Waals surface area contributed by atoms with Gasteiger partial charge in [-0.05, 0) is 12.8 Å². The molecule has 1 saturated heterocycles. The Bertz CT molecular complexity index is 713. The van der Waals surface area contributed by atoms with Crippen LogP contribution in [0.3, 0.4) is 0 Å². The molecule has 13 heteroatoms. The summed E-state index contributed by atoms with van der Waals surface area (Å²) in [6, 6.07) is 0. The zero-order chi connectivity index (χ0) is 25.7. The minimum absolute atomic E-state index is 0.141. The normalized spacial score (nSPS) is 26.1. The van der Waals surface area contributed by atoms with Crippen LogP contribution in [-0.4, -0.2) is 96.0 Å². The van der Waals surface area contributed by atoms with Gasteiger partial charge in [-0.15, -0.1) is 0 Å². The lowest BCUT2D eigenvalue weighted by molar-refractivity contribution is -0.297. The molecular formula is C21H38O12S. The Morgan fingerprint density at radius 2 is 1.53 bits per heavy atom. The Hall–Kier alpha value is -1.35. The highest BCUT2D eigenvalue weighted by Gasteiger charge is 2.45. The average molecular weight is 515 g/mol. The molecule has 0 amide bonds. The molecule has 12 nitrogen and oxygen atoms in total. The largest absolute Gasteiger partial charge is 0.462 e. The molecule has 0 saturated carbocycles. The summed E-state index contributed by atoms with van der Waals surface area (Å²) < 4.78 is 52.4. The van der Waals surface area contributed by atoms with Crippen LogP contribution in [0.1, 0.15) is 65.2 Å². The fourth-order valence-electron chi connectivity index (χ4n) is 3.24. The molecule has 0 aromatic carbocycles. The van der Waals surface area contributed by atoms with Gasteiger partial charge in [0.1, 0.15) is 36.8 Å². The maximum atomic E-state index is 12.1. The molecule has 0 spiro atoms. The summed E-state index contributed by atoms with van der Waals surface area (Å²) in [6.45, 7) is 3.23. The van der Waals surface area contributed by atoms with Gasteiger partial charge in [0.25, 0.3) is 10.1 Å². The number of rotatable bonds is 16. The van der Waals surface area contributed by atoms with Gasteiger partial charge in [0, 0.05) is 12.8 Å². The van der Waals surface area contributed by atoms with Crippen LogP contribution in [0.5, 0.6) is 0 Å². The molecule has 0 aromatic heterocycles. The maximum Gasteiger partial charge on any atom is 0.306 e. The summed E-state index contributed by atoms with van der Waals surface area (Å²) in [7, 11) is -4.57. The summed E-state index contributed by atoms with van der Waals surface area (Å²) in [6.07, 6.45) is -4.33. The Morgan fingerprint density at radius 1 is 0.882 bits per heavy atom. The second-order valence-electron chi connectivity index (χ2n) is 8.31. The van der Waals surface area contributed by atoms with Crippen LogP contribution in [0.25, 0.3) is 0 Å². The second-order valence-corrected chi connectivity index (χ2v) is 9.80. The van der Waals surface area contributed by atoms with Crippen LogP contribution >= 0.6 is 0 Å². The standard InChI is InChI=1S/C21H38O12S/c1-3-5-7-8-10-16(22)30-11-14(32-17(23)9-6-4-2)12-31-21-20(26)19(25)18(24)15(33-21)13-34(27,28)29/h14-15,18-21,24-26H,3-13H2,1-2H3,(H,27,28,29)/t14-,15-,18-,19+,20-,21-/m1/s1. The number of esters is 2. The Kier molecular flexibility index (Phi) is 14.1. The van der Waals surface area contributed by atoms with Crippen molar-refractivity contribution in [1.82, 2.24) is 0 Å². The summed E-state index contributed by atoms with van der Waals surface area (Å²) in [4.78, 5) is 24.0. The van der Waals surface area contributed by atoms with E-state index in [-0.39, 0.29) is 19.4 Å². The number of ether oxygens (including phenoxy) is 4. The monoisotopic (exact) mass is 514 g/mol. The van der Waals surface area contributed by atoms with E-state index in [1.807, 2.05) is 13.8 Å². The molecule has 1 aliphatic heterocycles. The third-order valence-corrected chi connectivity index (χ3v) is 5.94. The van der Waals surface area contributed by atoms with Gasteiger partial charge in [-0.1, -0.05) is 39.5 Å². The van der Waals surface area contributed by atoms with Crippen LogP contribution in [0.4, 0.5) is 0 Å². The van der Waals surface area contributed by atoms with Crippen LogP contribution in [0.2, 0.25) is 0 Å². The molecule has 1 heterocycles. The second kappa shape index (κ2) is 15.6. The first-order valence-corrected chi connectivity index (χ1v) is 13.2. The lowest BCUT2D eigenvalue weighted by Gasteiger charge is -2.40. The fourth-order valence-corrected chi connectivity index (χ4v) is 3.93. The van der Waals surface area contributed by atoms with Crippen molar-refractivity contribution in [2.24, 2.45) is 0 Å². The molecule has 4 N–H and O–H groups in total. The molecule has 0 aliphatic carbocycles. The van der Waals surface area contributed by atoms with E-state index in [0.717, 1.165) is 25.7 Å². The lowest BCUT2D eigenvalue weighted by Crippen LogP contribution is -2.60. The highest BCUT2D eigenvalue weighted by molar-refractivity contribution is 7.85. The highest BCUT2D eigenvalue weighted by atomic mass is 32.2. The van der Waals surface area contributed by atoms with Gasteiger partial charge in [0.05, 0.1) is 6.61 Å². The van der Waals surface area contributed by atoms with E-state index in [1.54, 1.807) is 0 Å². The molecule has 1 rings (SSSR count). The Balaban J connectivity index is 2.72. The molecular weight excluding hydrogens is 476 g/mol. The zero-order valence-corrected chi connectivity index (χ0v) is 20.5. The topological polar surface area (TPSA) is 186 Å². The van der Waals surface area contributed by atoms with Crippen molar-refractivity contribution >= 4 is 22.1 Å². The number of carbonyl (C=O) groups excluding carboxylic acids is 2. The molecule has 0 radical (unpaired) electrons. The molecule has 0 unspecified atom stereocenters. The van der Waals surface area contributed by atoms with Crippen molar-refractivity contribution in [1.29, 1.82) is 0 Å². The van der Waals surface area contributed by atoms with Crippen LogP contribution in [0.15, 0.2) is 0 Å². The van der Waals surface area contributed by atoms with Gasteiger partial charge in [-0.25, -0.2) is 0 Å². The van der Waals surface area contributed by atoms with E-state index >= 15 is 0 Å². The van der Waals surface area contributed by atoms with E-state index in [9.17, 15) is 33.3 Å². The Labute approximate surface area is 200 Å². The van der Waals surface area contributed by atoms with Gasteiger partial charge < -0.3 is 34.3 Å². The van der Waals surface area contributed by atoms with Crippen molar-refractivity contribution in [3.63, 3.8) is 0 Å². The molecule has 0 aromatic rings. The van der Waals surface area contributed by atoms with Gasteiger partial charge in [0.15, 0.2) is 12.4 Å². The summed E-state index contributed by atoms with van der Waals surface area (Å²) in [5.41, 5.74) is 0. The summed E-state index contributed by atoms with van der Waals surface area (Å²) in [5.74, 6) is -2.05. The first kappa shape index (κ1) is 30.7. The van der Waals surface area contributed by atoms with Crippen LogP contribution in [0, 0.1) is 0 Å². The average Bonchev–Trinajstić information content (AvgIpc) is 2.77. The number of aliphatic hydroxyl groups is 3. The lowest BCUT2D eigenvalue weighted by atomic mass is 10.00.